The van der Waals surface area contributed by atoms with Crippen molar-refractivity contribution in [3.8, 4) is 6.07 Å². The molecule has 2 heteroatoms. The van der Waals surface area contributed by atoms with E-state index in [2.05, 4.69) is 18.8 Å². The first-order chi connectivity index (χ1) is 6.72. The Hall–Kier alpha value is -1.36. The Labute approximate surface area is 84.6 Å². The van der Waals surface area contributed by atoms with Crippen molar-refractivity contribution >= 4 is 0 Å². The molecular weight excluding hydrogens is 172 g/mol. The molecule has 0 unspecified atom stereocenters. The third-order valence-electron chi connectivity index (χ3n) is 3.03. The molecule has 0 aliphatic heterocycles. The predicted molar refractivity (Wildman–Crippen MR) is 54.6 cm³/mol. The Morgan fingerprint density at radius 3 is 2.71 bits per heavy atom. The summed E-state index contributed by atoms with van der Waals surface area (Å²) in [5, 5.41) is 8.61. The minimum Gasteiger partial charge on any atom is -0.245 e. The number of nitriles is 1. The van der Waals surface area contributed by atoms with Crippen LogP contribution >= 0.6 is 0 Å². The van der Waals surface area contributed by atoms with Gasteiger partial charge in [-0.2, -0.15) is 5.26 Å². The SMILES string of the molecule is CC(C)[C@H]1C[C@@H]1c1ccc(C#N)nc1. The van der Waals surface area contributed by atoms with Gasteiger partial charge in [-0.15, -0.1) is 0 Å². The summed E-state index contributed by atoms with van der Waals surface area (Å²) in [4.78, 5) is 4.09. The summed E-state index contributed by atoms with van der Waals surface area (Å²) in [5.41, 5.74) is 1.80. The molecule has 0 saturated heterocycles. The van der Waals surface area contributed by atoms with Crippen molar-refractivity contribution in [1.82, 2.24) is 4.98 Å². The lowest BCUT2D eigenvalue weighted by Gasteiger charge is -2.02. The Morgan fingerprint density at radius 1 is 1.50 bits per heavy atom. The average molecular weight is 186 g/mol. The molecule has 2 rings (SSSR count). The van der Waals surface area contributed by atoms with Crippen molar-refractivity contribution in [3.05, 3.63) is 29.6 Å². The zero-order valence-electron chi connectivity index (χ0n) is 8.57. The summed E-state index contributed by atoms with van der Waals surface area (Å²) in [6, 6.07) is 5.89. The molecule has 1 fully saturated rings. The van der Waals surface area contributed by atoms with Crippen LogP contribution in [0.4, 0.5) is 0 Å². The van der Waals surface area contributed by atoms with Gasteiger partial charge in [0.1, 0.15) is 11.8 Å². The largest absolute Gasteiger partial charge is 0.245 e. The van der Waals surface area contributed by atoms with Crippen LogP contribution in [0.15, 0.2) is 18.3 Å². The molecule has 14 heavy (non-hydrogen) atoms. The monoisotopic (exact) mass is 186 g/mol. The predicted octanol–water partition coefficient (Wildman–Crippen LogP) is 2.71. The number of hydrogen-bond acceptors (Lipinski definition) is 2. The fraction of sp³-hybridized carbons (Fsp3) is 0.500. The topological polar surface area (TPSA) is 36.7 Å². The van der Waals surface area contributed by atoms with E-state index < -0.39 is 0 Å². The van der Waals surface area contributed by atoms with Crippen LogP contribution in [0.25, 0.3) is 0 Å². The maximum absolute atomic E-state index is 8.61. The van der Waals surface area contributed by atoms with Gasteiger partial charge in [-0.25, -0.2) is 4.98 Å². The highest BCUT2D eigenvalue weighted by Gasteiger charge is 2.40. The first-order valence-electron chi connectivity index (χ1n) is 5.08. The van der Waals surface area contributed by atoms with Crippen molar-refractivity contribution in [1.29, 1.82) is 5.26 Å². The van der Waals surface area contributed by atoms with E-state index in [9.17, 15) is 0 Å². The van der Waals surface area contributed by atoms with Gasteiger partial charge in [0.15, 0.2) is 0 Å². The molecule has 1 saturated carbocycles. The standard InChI is InChI=1S/C12H14N2/c1-8(2)11-5-12(11)9-3-4-10(6-13)14-7-9/h3-4,7-8,11-12H,5H2,1-2H3/t11-,12-/m1/s1. The molecule has 1 aliphatic carbocycles. The van der Waals surface area contributed by atoms with Crippen LogP contribution in [-0.4, -0.2) is 4.98 Å². The van der Waals surface area contributed by atoms with Crippen LogP contribution in [0.2, 0.25) is 0 Å². The van der Waals surface area contributed by atoms with E-state index in [1.54, 1.807) is 0 Å². The van der Waals surface area contributed by atoms with Crippen LogP contribution in [-0.2, 0) is 0 Å². The van der Waals surface area contributed by atoms with Gasteiger partial charge < -0.3 is 0 Å². The van der Waals surface area contributed by atoms with Crippen molar-refractivity contribution in [2.45, 2.75) is 26.2 Å². The molecule has 0 radical (unpaired) electrons. The lowest BCUT2D eigenvalue weighted by molar-refractivity contribution is 0.548. The van der Waals surface area contributed by atoms with Gasteiger partial charge >= 0.3 is 0 Å². The zero-order valence-corrected chi connectivity index (χ0v) is 8.57. The van der Waals surface area contributed by atoms with Gasteiger partial charge in [-0.1, -0.05) is 19.9 Å². The third kappa shape index (κ3) is 1.63. The van der Waals surface area contributed by atoms with E-state index in [1.807, 2.05) is 24.4 Å². The zero-order chi connectivity index (χ0) is 10.1. The molecule has 0 spiro atoms. The molecule has 1 aliphatic rings. The Balaban J connectivity index is 2.10. The average Bonchev–Trinajstić information content (AvgIpc) is 2.97. The summed E-state index contributed by atoms with van der Waals surface area (Å²) in [7, 11) is 0. The Morgan fingerprint density at radius 2 is 2.29 bits per heavy atom. The lowest BCUT2D eigenvalue weighted by Crippen LogP contribution is -1.93. The quantitative estimate of drug-likeness (QED) is 0.712. The number of nitrogens with zero attached hydrogens (tertiary/aromatic N) is 2. The van der Waals surface area contributed by atoms with Gasteiger partial charge in [0.05, 0.1) is 0 Å². The Kier molecular flexibility index (Phi) is 2.25. The van der Waals surface area contributed by atoms with E-state index in [1.165, 1.54) is 12.0 Å². The first-order valence-corrected chi connectivity index (χ1v) is 5.08. The highest BCUT2D eigenvalue weighted by Crippen LogP contribution is 2.51. The smallest absolute Gasteiger partial charge is 0.140 e. The van der Waals surface area contributed by atoms with Gasteiger partial charge in [-0.05, 0) is 35.8 Å². The van der Waals surface area contributed by atoms with Crippen LogP contribution in [0, 0.1) is 23.2 Å². The van der Waals surface area contributed by atoms with E-state index in [0.717, 1.165) is 11.8 Å². The summed E-state index contributed by atoms with van der Waals surface area (Å²) < 4.78 is 0. The summed E-state index contributed by atoms with van der Waals surface area (Å²) >= 11 is 0. The van der Waals surface area contributed by atoms with E-state index in [-0.39, 0.29) is 0 Å². The lowest BCUT2D eigenvalue weighted by atomic mass is 10.0. The fourth-order valence-electron chi connectivity index (χ4n) is 2.03. The summed E-state index contributed by atoms with van der Waals surface area (Å²) in [6.45, 7) is 4.53. The molecule has 2 atom stereocenters. The minimum absolute atomic E-state index is 0.510. The molecule has 0 bridgehead atoms. The summed E-state index contributed by atoms with van der Waals surface area (Å²) in [5.74, 6) is 2.27. The number of hydrogen-bond donors (Lipinski definition) is 0. The minimum atomic E-state index is 0.510. The van der Waals surface area contributed by atoms with E-state index in [4.69, 9.17) is 5.26 Å². The van der Waals surface area contributed by atoms with Crippen LogP contribution in [0.1, 0.15) is 37.4 Å². The second-order valence-electron chi connectivity index (χ2n) is 4.34. The normalized spacial score (nSPS) is 24.7. The second kappa shape index (κ2) is 3.42. The van der Waals surface area contributed by atoms with Gasteiger partial charge in [0, 0.05) is 6.20 Å². The van der Waals surface area contributed by atoms with Crippen LogP contribution < -0.4 is 0 Å². The molecule has 1 heterocycles. The number of aromatic nitrogens is 1. The van der Waals surface area contributed by atoms with Gasteiger partial charge in [0.2, 0.25) is 0 Å². The molecule has 1 aromatic heterocycles. The molecule has 0 amide bonds. The molecule has 72 valence electrons. The third-order valence-corrected chi connectivity index (χ3v) is 3.03. The molecule has 1 aromatic rings. The molecule has 2 nitrogen and oxygen atoms in total. The van der Waals surface area contributed by atoms with E-state index >= 15 is 0 Å². The maximum atomic E-state index is 8.61. The van der Waals surface area contributed by atoms with Crippen molar-refractivity contribution in [3.63, 3.8) is 0 Å². The van der Waals surface area contributed by atoms with Crippen LogP contribution in [0.5, 0.6) is 0 Å². The van der Waals surface area contributed by atoms with Crippen molar-refractivity contribution in [2.75, 3.05) is 0 Å². The summed E-state index contributed by atoms with van der Waals surface area (Å²) in [6.07, 6.45) is 3.14. The molecule has 0 N–H and O–H groups in total. The highest BCUT2D eigenvalue weighted by molar-refractivity contribution is 5.28. The Bertz CT molecular complexity index is 359. The highest BCUT2D eigenvalue weighted by atomic mass is 14.7. The van der Waals surface area contributed by atoms with Crippen LogP contribution in [0.3, 0.4) is 0 Å². The number of pyridine rings is 1. The van der Waals surface area contributed by atoms with E-state index in [0.29, 0.717) is 11.6 Å². The fourth-order valence-corrected chi connectivity index (χ4v) is 2.03. The maximum Gasteiger partial charge on any atom is 0.140 e. The second-order valence-corrected chi connectivity index (χ2v) is 4.34. The van der Waals surface area contributed by atoms with Crippen molar-refractivity contribution < 1.29 is 0 Å². The van der Waals surface area contributed by atoms with Gasteiger partial charge in [0.25, 0.3) is 0 Å². The van der Waals surface area contributed by atoms with Crippen molar-refractivity contribution in [2.24, 2.45) is 11.8 Å². The molecular formula is C12H14N2. The number of rotatable bonds is 2. The first kappa shape index (κ1) is 9.21. The molecule has 0 aromatic carbocycles. The van der Waals surface area contributed by atoms with Gasteiger partial charge in [-0.3, -0.25) is 0 Å².